The molecule has 1 heterocycles. The molecule has 2 unspecified atom stereocenters. The van der Waals surface area contributed by atoms with E-state index in [9.17, 15) is 5.26 Å². The van der Waals surface area contributed by atoms with Crippen molar-refractivity contribution in [2.45, 2.75) is 43.6 Å². The molecular formula is C23H26N2. The third-order valence-corrected chi connectivity index (χ3v) is 6.26. The third-order valence-electron chi connectivity index (χ3n) is 6.26. The first kappa shape index (κ1) is 16.4. The lowest BCUT2D eigenvalue weighted by molar-refractivity contribution is 0.232. The lowest BCUT2D eigenvalue weighted by Gasteiger charge is -2.32. The van der Waals surface area contributed by atoms with Gasteiger partial charge in [-0.2, -0.15) is 5.26 Å². The van der Waals surface area contributed by atoms with Crippen LogP contribution in [0, 0.1) is 17.2 Å². The number of likely N-dealkylation sites (tertiary alicyclic amines) is 1. The van der Waals surface area contributed by atoms with Gasteiger partial charge in [0.1, 0.15) is 5.41 Å². The molecule has 1 saturated heterocycles. The van der Waals surface area contributed by atoms with E-state index in [1.807, 2.05) is 36.4 Å². The molecule has 1 aliphatic heterocycles. The van der Waals surface area contributed by atoms with Crippen LogP contribution in [0.25, 0.3) is 0 Å². The summed E-state index contributed by atoms with van der Waals surface area (Å²) in [5.74, 6) is 0.892. The molecule has 2 heteroatoms. The molecule has 2 nitrogen and oxygen atoms in total. The average Bonchev–Trinajstić information content (AvgIpc) is 2.97. The van der Waals surface area contributed by atoms with Gasteiger partial charge in [0.25, 0.3) is 0 Å². The van der Waals surface area contributed by atoms with Gasteiger partial charge in [0.15, 0.2) is 0 Å². The predicted octanol–water partition coefficient (Wildman–Crippen LogP) is 4.76. The summed E-state index contributed by atoms with van der Waals surface area (Å²) in [5, 5.41) is 10.3. The summed E-state index contributed by atoms with van der Waals surface area (Å²) in [6.45, 7) is 2.24. The van der Waals surface area contributed by atoms with Crippen LogP contribution in [0.15, 0.2) is 60.7 Å². The van der Waals surface area contributed by atoms with Crippen molar-refractivity contribution in [3.8, 4) is 6.07 Å². The number of hydrogen-bond acceptors (Lipinski definition) is 2. The van der Waals surface area contributed by atoms with E-state index in [1.54, 1.807) is 0 Å². The molecule has 4 rings (SSSR count). The molecule has 0 aromatic heterocycles. The molecule has 2 bridgehead atoms. The second kappa shape index (κ2) is 7.02. The highest BCUT2D eigenvalue weighted by Gasteiger charge is 2.39. The van der Waals surface area contributed by atoms with Crippen LogP contribution >= 0.6 is 0 Å². The Labute approximate surface area is 151 Å². The van der Waals surface area contributed by atoms with Gasteiger partial charge in [0, 0.05) is 19.1 Å². The highest BCUT2D eigenvalue weighted by molar-refractivity contribution is 5.45. The smallest absolute Gasteiger partial charge is 0.108 e. The molecule has 128 valence electrons. The van der Waals surface area contributed by atoms with E-state index in [4.69, 9.17) is 0 Å². The fraction of sp³-hybridized carbons (Fsp3) is 0.435. The summed E-state index contributed by atoms with van der Waals surface area (Å²) in [7, 11) is 0. The molecule has 0 amide bonds. The number of benzene rings is 2. The molecule has 25 heavy (non-hydrogen) atoms. The van der Waals surface area contributed by atoms with Crippen molar-refractivity contribution in [1.29, 1.82) is 5.26 Å². The van der Waals surface area contributed by atoms with Crippen LogP contribution < -0.4 is 0 Å². The Kier molecular flexibility index (Phi) is 4.59. The van der Waals surface area contributed by atoms with Gasteiger partial charge >= 0.3 is 0 Å². The number of hydrogen-bond donors (Lipinski definition) is 0. The summed E-state index contributed by atoms with van der Waals surface area (Å²) in [5.41, 5.74) is 1.68. The molecule has 2 fully saturated rings. The molecular weight excluding hydrogens is 304 g/mol. The maximum Gasteiger partial charge on any atom is 0.108 e. The Hall–Kier alpha value is -2.11. The Balaban J connectivity index is 1.63. The van der Waals surface area contributed by atoms with E-state index in [1.165, 1.54) is 32.2 Å². The van der Waals surface area contributed by atoms with E-state index in [2.05, 4.69) is 35.2 Å². The first-order valence-corrected chi connectivity index (χ1v) is 9.58. The lowest BCUT2D eigenvalue weighted by atomic mass is 9.73. The first-order chi connectivity index (χ1) is 12.3. The number of nitriles is 1. The van der Waals surface area contributed by atoms with Crippen LogP contribution in [0.2, 0.25) is 0 Å². The number of fused-ring (bicyclic) bond motifs is 2. The minimum Gasteiger partial charge on any atom is -0.300 e. The van der Waals surface area contributed by atoms with Gasteiger partial charge < -0.3 is 4.90 Å². The van der Waals surface area contributed by atoms with Gasteiger partial charge in [0.2, 0.25) is 0 Å². The van der Waals surface area contributed by atoms with Gasteiger partial charge in [-0.15, -0.1) is 0 Å². The SMILES string of the molecule is N#CC(CCN1CC2CCCC1C2)(c1ccccc1)c1ccccc1. The highest BCUT2D eigenvalue weighted by atomic mass is 15.2. The molecule has 0 spiro atoms. The van der Waals surface area contributed by atoms with Crippen molar-refractivity contribution in [2.24, 2.45) is 5.92 Å². The van der Waals surface area contributed by atoms with Crippen molar-refractivity contribution in [2.75, 3.05) is 13.1 Å². The zero-order chi connectivity index (χ0) is 17.1. The maximum atomic E-state index is 10.3. The topological polar surface area (TPSA) is 27.0 Å². The number of nitrogens with zero attached hydrogens (tertiary/aromatic N) is 2. The quantitative estimate of drug-likeness (QED) is 0.790. The van der Waals surface area contributed by atoms with Gasteiger partial charge in [-0.1, -0.05) is 67.1 Å². The fourth-order valence-electron chi connectivity index (χ4n) is 4.91. The largest absolute Gasteiger partial charge is 0.300 e. The minimum absolute atomic E-state index is 0.556. The van der Waals surface area contributed by atoms with Crippen molar-refractivity contribution in [1.82, 2.24) is 4.90 Å². The van der Waals surface area contributed by atoms with Gasteiger partial charge in [-0.05, 0) is 42.7 Å². The van der Waals surface area contributed by atoms with Gasteiger partial charge in [0.05, 0.1) is 6.07 Å². The third kappa shape index (κ3) is 3.10. The van der Waals surface area contributed by atoms with Crippen LogP contribution in [0.3, 0.4) is 0 Å². The van der Waals surface area contributed by atoms with Crippen LogP contribution in [0.4, 0.5) is 0 Å². The standard InChI is InChI=1S/C23H26N2/c24-18-23(20-9-3-1-4-10-20,21-11-5-2-6-12-21)14-15-25-17-19-8-7-13-22(25)16-19/h1-6,9-12,19,22H,7-8,13-17H2. The van der Waals surface area contributed by atoms with Crippen LogP contribution in [0.1, 0.15) is 43.2 Å². The van der Waals surface area contributed by atoms with Gasteiger partial charge in [-0.3, -0.25) is 0 Å². The Morgan fingerprint density at radius 2 is 1.60 bits per heavy atom. The van der Waals surface area contributed by atoms with E-state index in [0.29, 0.717) is 0 Å². The molecule has 2 aliphatic rings. The van der Waals surface area contributed by atoms with Gasteiger partial charge in [-0.25, -0.2) is 0 Å². The normalized spacial score (nSPS) is 23.3. The van der Waals surface area contributed by atoms with E-state index < -0.39 is 5.41 Å². The first-order valence-electron chi connectivity index (χ1n) is 9.58. The van der Waals surface area contributed by atoms with Crippen LogP contribution in [0.5, 0.6) is 0 Å². The molecule has 2 aromatic rings. The van der Waals surface area contributed by atoms with E-state index in [0.717, 1.165) is 36.1 Å². The molecule has 0 N–H and O–H groups in total. The minimum atomic E-state index is -0.556. The Bertz CT molecular complexity index is 692. The summed E-state index contributed by atoms with van der Waals surface area (Å²) in [6.07, 6.45) is 6.35. The summed E-state index contributed by atoms with van der Waals surface area (Å²) < 4.78 is 0. The zero-order valence-electron chi connectivity index (χ0n) is 14.8. The molecule has 1 aliphatic carbocycles. The van der Waals surface area contributed by atoms with Crippen molar-refractivity contribution >= 4 is 0 Å². The lowest BCUT2D eigenvalue weighted by Crippen LogP contribution is -2.36. The zero-order valence-corrected chi connectivity index (χ0v) is 14.8. The number of rotatable bonds is 5. The Morgan fingerprint density at radius 1 is 0.960 bits per heavy atom. The van der Waals surface area contributed by atoms with Crippen LogP contribution in [-0.2, 0) is 5.41 Å². The summed E-state index contributed by atoms with van der Waals surface area (Å²) in [4.78, 5) is 2.66. The molecule has 1 saturated carbocycles. The summed E-state index contributed by atoms with van der Waals surface area (Å²) in [6, 6.07) is 24.1. The second-order valence-corrected chi connectivity index (χ2v) is 7.68. The maximum absolute atomic E-state index is 10.3. The second-order valence-electron chi connectivity index (χ2n) is 7.68. The molecule has 0 radical (unpaired) electrons. The van der Waals surface area contributed by atoms with Crippen molar-refractivity contribution in [3.63, 3.8) is 0 Å². The summed E-state index contributed by atoms with van der Waals surface area (Å²) >= 11 is 0. The van der Waals surface area contributed by atoms with Crippen LogP contribution in [-0.4, -0.2) is 24.0 Å². The monoisotopic (exact) mass is 330 g/mol. The average molecular weight is 330 g/mol. The molecule has 2 atom stereocenters. The van der Waals surface area contributed by atoms with Crippen molar-refractivity contribution < 1.29 is 0 Å². The van der Waals surface area contributed by atoms with E-state index >= 15 is 0 Å². The predicted molar refractivity (Wildman–Crippen MR) is 101 cm³/mol. The van der Waals surface area contributed by atoms with Crippen molar-refractivity contribution in [3.05, 3.63) is 71.8 Å². The van der Waals surface area contributed by atoms with E-state index in [-0.39, 0.29) is 0 Å². The fourth-order valence-corrected chi connectivity index (χ4v) is 4.91. The highest BCUT2D eigenvalue weighted by Crippen LogP contribution is 2.39. The Morgan fingerprint density at radius 3 is 2.16 bits per heavy atom. The molecule has 2 aromatic carbocycles.